The largest absolute Gasteiger partial charge is 0.284 e. The van der Waals surface area contributed by atoms with Crippen LogP contribution in [0.2, 0.25) is 0 Å². The quantitative estimate of drug-likeness (QED) is 0.249. The summed E-state index contributed by atoms with van der Waals surface area (Å²) in [6.45, 7) is 0. The van der Waals surface area contributed by atoms with Crippen LogP contribution in [0.4, 0.5) is 5.69 Å². The van der Waals surface area contributed by atoms with E-state index in [1.807, 2.05) is 30.3 Å². The van der Waals surface area contributed by atoms with Crippen LogP contribution >= 0.6 is 23.1 Å². The predicted octanol–water partition coefficient (Wildman–Crippen LogP) is 7.83. The van der Waals surface area contributed by atoms with Gasteiger partial charge < -0.3 is 0 Å². The Morgan fingerprint density at radius 1 is 0.656 bits per heavy atom. The van der Waals surface area contributed by atoms with Crippen LogP contribution < -0.4 is 4.80 Å². The minimum atomic E-state index is 0.947. The highest BCUT2D eigenvalue weighted by Gasteiger charge is 2.18. The first-order chi connectivity index (χ1) is 15.8. The van der Waals surface area contributed by atoms with E-state index in [-0.39, 0.29) is 0 Å². The molecule has 0 atom stereocenters. The van der Waals surface area contributed by atoms with Gasteiger partial charge in [-0.2, -0.15) is 0 Å². The van der Waals surface area contributed by atoms with Gasteiger partial charge in [0.1, 0.15) is 0 Å². The Bertz CT molecular complexity index is 1370. The van der Waals surface area contributed by atoms with Gasteiger partial charge in [0.05, 0.1) is 16.3 Å². The summed E-state index contributed by atoms with van der Waals surface area (Å²) < 4.78 is 2.29. The topological polar surface area (TPSA) is 17.3 Å². The SMILES string of the molecule is CSc1ccc(-c2c(-c3ccccc3)sc(=Nc3ccccc3)n2-c2ccccc2)cc1. The number of thioether (sulfide) groups is 1. The lowest BCUT2D eigenvalue weighted by Gasteiger charge is -2.12. The van der Waals surface area contributed by atoms with E-state index in [1.54, 1.807) is 23.1 Å². The summed E-state index contributed by atoms with van der Waals surface area (Å²) in [7, 11) is 0. The molecule has 0 bridgehead atoms. The van der Waals surface area contributed by atoms with Crippen LogP contribution in [0.15, 0.2) is 125 Å². The maximum absolute atomic E-state index is 5.06. The number of rotatable bonds is 5. The van der Waals surface area contributed by atoms with E-state index < -0.39 is 0 Å². The number of thiazole rings is 1. The van der Waals surface area contributed by atoms with Crippen molar-refractivity contribution in [2.75, 3.05) is 6.26 Å². The smallest absolute Gasteiger partial charge is 0.195 e. The maximum atomic E-state index is 5.06. The van der Waals surface area contributed by atoms with E-state index in [0.717, 1.165) is 21.9 Å². The molecule has 0 aliphatic carbocycles. The van der Waals surface area contributed by atoms with Crippen molar-refractivity contribution >= 4 is 28.8 Å². The Hall–Kier alpha value is -3.34. The molecule has 0 fully saturated rings. The lowest BCUT2D eigenvalue weighted by molar-refractivity contribution is 1.01. The fraction of sp³-hybridized carbons (Fsp3) is 0.0357. The van der Waals surface area contributed by atoms with Crippen LogP contribution in [0, 0.1) is 0 Å². The number of benzene rings is 4. The molecule has 0 saturated carbocycles. The normalized spacial score (nSPS) is 11.6. The van der Waals surface area contributed by atoms with Crippen LogP contribution in [0.1, 0.15) is 0 Å². The van der Waals surface area contributed by atoms with Gasteiger partial charge in [-0.1, -0.05) is 90.2 Å². The average molecular weight is 451 g/mol. The minimum absolute atomic E-state index is 0.947. The second kappa shape index (κ2) is 9.43. The Labute approximate surface area is 196 Å². The Morgan fingerprint density at radius 3 is 1.88 bits per heavy atom. The fourth-order valence-corrected chi connectivity index (χ4v) is 5.27. The van der Waals surface area contributed by atoms with E-state index in [0.29, 0.717) is 0 Å². The molecule has 0 saturated heterocycles. The molecule has 5 aromatic rings. The first-order valence-electron chi connectivity index (χ1n) is 10.4. The molecule has 0 radical (unpaired) electrons. The number of para-hydroxylation sites is 2. The van der Waals surface area contributed by atoms with Crippen LogP contribution in [-0.4, -0.2) is 10.8 Å². The van der Waals surface area contributed by atoms with Gasteiger partial charge in [0.2, 0.25) is 0 Å². The molecule has 0 spiro atoms. The predicted molar refractivity (Wildman–Crippen MR) is 138 cm³/mol. The molecule has 4 aromatic carbocycles. The van der Waals surface area contributed by atoms with Crippen molar-refractivity contribution in [1.82, 2.24) is 4.57 Å². The second-order valence-corrected chi connectivity index (χ2v) is 9.13. The molecule has 0 unspecified atom stereocenters. The maximum Gasteiger partial charge on any atom is 0.195 e. The summed E-state index contributed by atoms with van der Waals surface area (Å²) >= 11 is 3.48. The van der Waals surface area contributed by atoms with Gasteiger partial charge in [0.15, 0.2) is 4.80 Å². The van der Waals surface area contributed by atoms with E-state index in [1.165, 1.54) is 20.9 Å². The van der Waals surface area contributed by atoms with Crippen molar-refractivity contribution in [3.8, 4) is 27.4 Å². The lowest BCUT2D eigenvalue weighted by atomic mass is 10.1. The van der Waals surface area contributed by atoms with Gasteiger partial charge in [-0.3, -0.25) is 4.57 Å². The zero-order valence-electron chi connectivity index (χ0n) is 17.7. The van der Waals surface area contributed by atoms with Gasteiger partial charge >= 0.3 is 0 Å². The Morgan fingerprint density at radius 2 is 1.25 bits per heavy atom. The van der Waals surface area contributed by atoms with Gasteiger partial charge in [-0.25, -0.2) is 4.99 Å². The van der Waals surface area contributed by atoms with E-state index in [4.69, 9.17) is 4.99 Å². The Balaban J connectivity index is 1.86. The molecule has 32 heavy (non-hydrogen) atoms. The molecule has 0 aliphatic heterocycles. The second-order valence-electron chi connectivity index (χ2n) is 7.28. The summed E-state index contributed by atoms with van der Waals surface area (Å²) in [5.41, 5.74) is 5.58. The monoisotopic (exact) mass is 450 g/mol. The molecule has 1 aromatic heterocycles. The third-order valence-electron chi connectivity index (χ3n) is 5.22. The molecule has 156 valence electrons. The molecule has 4 heteroatoms. The standard InChI is InChI=1S/C28H22N2S2/c1-31-25-19-17-21(18-20-25)26-27(22-11-5-2-6-12-22)32-28(29-23-13-7-3-8-14-23)30(26)24-15-9-4-10-16-24/h2-20H,1H3. The van der Waals surface area contributed by atoms with Crippen LogP contribution in [0.5, 0.6) is 0 Å². The number of hydrogen-bond acceptors (Lipinski definition) is 3. The number of hydrogen-bond donors (Lipinski definition) is 0. The van der Waals surface area contributed by atoms with Gasteiger partial charge in [-0.05, 0) is 48.2 Å². The van der Waals surface area contributed by atoms with E-state index in [2.05, 4.69) is 95.8 Å². The molecule has 1 heterocycles. The first-order valence-corrected chi connectivity index (χ1v) is 12.5. The van der Waals surface area contributed by atoms with Crippen LogP contribution in [0.25, 0.3) is 27.4 Å². The summed E-state index contributed by atoms with van der Waals surface area (Å²) in [4.78, 5) is 8.47. The molecule has 2 nitrogen and oxygen atoms in total. The zero-order chi connectivity index (χ0) is 21.8. The first kappa shape index (κ1) is 20.6. The summed E-state index contributed by atoms with van der Waals surface area (Å²) in [5, 5.41) is 0. The van der Waals surface area contributed by atoms with Gasteiger partial charge in [0, 0.05) is 16.1 Å². The molecule has 0 N–H and O–H groups in total. The van der Waals surface area contributed by atoms with E-state index >= 15 is 0 Å². The number of aromatic nitrogens is 1. The van der Waals surface area contributed by atoms with Crippen molar-refractivity contribution < 1.29 is 0 Å². The fourth-order valence-electron chi connectivity index (χ4n) is 3.68. The molecular formula is C28H22N2S2. The Kier molecular flexibility index (Phi) is 6.06. The van der Waals surface area contributed by atoms with Gasteiger partial charge in [0.25, 0.3) is 0 Å². The van der Waals surface area contributed by atoms with Crippen molar-refractivity contribution in [2.45, 2.75) is 4.90 Å². The molecular weight excluding hydrogens is 428 g/mol. The summed E-state index contributed by atoms with van der Waals surface area (Å²) in [6.07, 6.45) is 2.11. The molecule has 0 aliphatic rings. The third-order valence-corrected chi connectivity index (χ3v) is 7.05. The van der Waals surface area contributed by atoms with E-state index in [9.17, 15) is 0 Å². The zero-order valence-corrected chi connectivity index (χ0v) is 19.3. The molecule has 5 rings (SSSR count). The highest BCUT2D eigenvalue weighted by atomic mass is 32.2. The minimum Gasteiger partial charge on any atom is -0.284 e. The molecule has 0 amide bonds. The van der Waals surface area contributed by atoms with Crippen molar-refractivity contribution in [2.24, 2.45) is 4.99 Å². The summed E-state index contributed by atoms with van der Waals surface area (Å²) in [6, 6.07) is 40.1. The lowest BCUT2D eigenvalue weighted by Crippen LogP contribution is -2.13. The highest BCUT2D eigenvalue weighted by Crippen LogP contribution is 2.37. The van der Waals surface area contributed by atoms with Crippen LogP contribution in [-0.2, 0) is 0 Å². The van der Waals surface area contributed by atoms with Crippen LogP contribution in [0.3, 0.4) is 0 Å². The van der Waals surface area contributed by atoms with Gasteiger partial charge in [-0.15, -0.1) is 11.8 Å². The van der Waals surface area contributed by atoms with Crippen molar-refractivity contribution in [3.63, 3.8) is 0 Å². The summed E-state index contributed by atoms with van der Waals surface area (Å²) in [5.74, 6) is 0. The average Bonchev–Trinajstić information content (AvgIpc) is 3.25. The van der Waals surface area contributed by atoms with Crippen molar-refractivity contribution in [3.05, 3.63) is 120 Å². The van der Waals surface area contributed by atoms with Crippen molar-refractivity contribution in [1.29, 1.82) is 0 Å². The third kappa shape index (κ3) is 4.20. The number of nitrogens with zero attached hydrogens (tertiary/aromatic N) is 2. The highest BCUT2D eigenvalue weighted by molar-refractivity contribution is 7.98.